The zero-order valence-electron chi connectivity index (χ0n) is 12.8. The SMILES string of the molecule is CCCOc1cc(C)c(Cl)cc1CCCC(=O)CCC. The fraction of sp³-hybridized carbons (Fsp3) is 0.588. The molecule has 0 aliphatic rings. The first-order chi connectivity index (χ1) is 9.58. The Bertz CT molecular complexity index is 441. The first-order valence-corrected chi connectivity index (χ1v) is 7.89. The molecule has 0 saturated carbocycles. The van der Waals surface area contributed by atoms with Crippen LogP contribution < -0.4 is 4.74 Å². The number of ether oxygens (including phenoxy) is 1. The molecule has 0 unspecified atom stereocenters. The maximum atomic E-state index is 11.6. The predicted octanol–water partition coefficient (Wildman–Crippen LogP) is 5.13. The van der Waals surface area contributed by atoms with Crippen LogP contribution in [0.1, 0.15) is 57.1 Å². The van der Waals surface area contributed by atoms with Crippen LogP contribution in [-0.2, 0) is 11.2 Å². The molecule has 0 saturated heterocycles. The molecule has 112 valence electrons. The van der Waals surface area contributed by atoms with Crippen molar-refractivity contribution in [2.45, 2.75) is 59.3 Å². The Balaban J connectivity index is 2.66. The third kappa shape index (κ3) is 5.54. The van der Waals surface area contributed by atoms with E-state index in [1.807, 2.05) is 26.0 Å². The molecule has 0 bridgehead atoms. The number of benzene rings is 1. The summed E-state index contributed by atoms with van der Waals surface area (Å²) in [5.41, 5.74) is 2.14. The van der Waals surface area contributed by atoms with Crippen LogP contribution in [0.3, 0.4) is 0 Å². The highest BCUT2D eigenvalue weighted by atomic mass is 35.5. The Kier molecular flexibility index (Phi) is 7.68. The van der Waals surface area contributed by atoms with Gasteiger partial charge in [0.1, 0.15) is 11.5 Å². The third-order valence-corrected chi connectivity index (χ3v) is 3.64. The van der Waals surface area contributed by atoms with Crippen LogP contribution in [0, 0.1) is 6.92 Å². The van der Waals surface area contributed by atoms with Crippen LogP contribution in [0.2, 0.25) is 5.02 Å². The van der Waals surface area contributed by atoms with E-state index in [-0.39, 0.29) is 0 Å². The molecule has 0 aromatic heterocycles. The molecule has 0 heterocycles. The van der Waals surface area contributed by atoms with Gasteiger partial charge >= 0.3 is 0 Å². The summed E-state index contributed by atoms with van der Waals surface area (Å²) < 4.78 is 5.78. The number of hydrogen-bond acceptors (Lipinski definition) is 2. The standard InChI is InChI=1S/C17H25ClO2/c1-4-7-15(19)9-6-8-14-12-16(18)13(3)11-17(14)20-10-5-2/h11-12H,4-10H2,1-3H3. The zero-order chi connectivity index (χ0) is 15.0. The van der Waals surface area contributed by atoms with E-state index in [2.05, 4.69) is 6.92 Å². The molecule has 0 N–H and O–H groups in total. The number of rotatable bonds is 9. The van der Waals surface area contributed by atoms with Crippen molar-refractivity contribution in [2.75, 3.05) is 6.61 Å². The third-order valence-electron chi connectivity index (χ3n) is 3.23. The monoisotopic (exact) mass is 296 g/mol. The molecule has 0 radical (unpaired) electrons. The first kappa shape index (κ1) is 17.0. The van der Waals surface area contributed by atoms with Gasteiger partial charge in [0.05, 0.1) is 6.61 Å². The molecule has 20 heavy (non-hydrogen) atoms. The second-order valence-corrected chi connectivity index (χ2v) is 5.61. The summed E-state index contributed by atoms with van der Waals surface area (Å²) in [6.45, 7) is 6.82. The second kappa shape index (κ2) is 9.02. The van der Waals surface area contributed by atoms with E-state index in [0.29, 0.717) is 25.2 Å². The summed E-state index contributed by atoms with van der Waals surface area (Å²) in [7, 11) is 0. The normalized spacial score (nSPS) is 10.6. The minimum atomic E-state index is 0.349. The second-order valence-electron chi connectivity index (χ2n) is 5.20. The van der Waals surface area contributed by atoms with Gasteiger partial charge in [-0.25, -0.2) is 0 Å². The largest absolute Gasteiger partial charge is 0.493 e. The molecule has 0 spiro atoms. The molecule has 0 atom stereocenters. The van der Waals surface area contributed by atoms with Gasteiger partial charge in [-0.05, 0) is 55.9 Å². The predicted molar refractivity (Wildman–Crippen MR) is 84.8 cm³/mol. The molecular formula is C17H25ClO2. The van der Waals surface area contributed by atoms with Crippen molar-refractivity contribution in [3.8, 4) is 5.75 Å². The van der Waals surface area contributed by atoms with E-state index < -0.39 is 0 Å². The van der Waals surface area contributed by atoms with Gasteiger partial charge in [-0.3, -0.25) is 4.79 Å². The van der Waals surface area contributed by atoms with E-state index in [4.69, 9.17) is 16.3 Å². The maximum Gasteiger partial charge on any atom is 0.132 e. The Hall–Kier alpha value is -1.02. The lowest BCUT2D eigenvalue weighted by atomic mass is 10.0. The summed E-state index contributed by atoms with van der Waals surface area (Å²) in [5.74, 6) is 1.26. The minimum Gasteiger partial charge on any atom is -0.493 e. The quantitative estimate of drug-likeness (QED) is 0.631. The van der Waals surface area contributed by atoms with Crippen LogP contribution in [-0.4, -0.2) is 12.4 Å². The molecule has 1 aromatic rings. The molecule has 0 aliphatic heterocycles. The van der Waals surface area contributed by atoms with Crippen LogP contribution in [0.4, 0.5) is 0 Å². The van der Waals surface area contributed by atoms with E-state index in [1.54, 1.807) is 0 Å². The smallest absolute Gasteiger partial charge is 0.132 e. The molecule has 3 heteroatoms. The van der Waals surface area contributed by atoms with Gasteiger partial charge in [0.25, 0.3) is 0 Å². The van der Waals surface area contributed by atoms with E-state index in [1.165, 1.54) is 0 Å². The number of Topliss-reactive ketones (excluding diaryl/α,β-unsaturated/α-hetero) is 1. The van der Waals surface area contributed by atoms with E-state index in [9.17, 15) is 4.79 Å². The number of ketones is 1. The summed E-state index contributed by atoms with van der Waals surface area (Å²) in [5, 5.41) is 0.767. The Morgan fingerprint density at radius 1 is 1.20 bits per heavy atom. The Labute approximate surface area is 127 Å². The molecule has 2 nitrogen and oxygen atoms in total. The van der Waals surface area contributed by atoms with Crippen molar-refractivity contribution in [1.29, 1.82) is 0 Å². The van der Waals surface area contributed by atoms with Gasteiger partial charge in [0, 0.05) is 17.9 Å². The van der Waals surface area contributed by atoms with Crippen molar-refractivity contribution in [2.24, 2.45) is 0 Å². The molecule has 0 fully saturated rings. The average molecular weight is 297 g/mol. The Morgan fingerprint density at radius 3 is 2.60 bits per heavy atom. The number of carbonyl (C=O) groups is 1. The fourth-order valence-corrected chi connectivity index (χ4v) is 2.30. The number of hydrogen-bond donors (Lipinski definition) is 0. The van der Waals surface area contributed by atoms with Gasteiger partial charge in [-0.15, -0.1) is 0 Å². The molecule has 0 aliphatic carbocycles. The van der Waals surface area contributed by atoms with E-state index >= 15 is 0 Å². The number of aryl methyl sites for hydroxylation is 2. The fourth-order valence-electron chi connectivity index (χ4n) is 2.12. The van der Waals surface area contributed by atoms with Gasteiger partial charge < -0.3 is 4.74 Å². The zero-order valence-corrected chi connectivity index (χ0v) is 13.6. The highest BCUT2D eigenvalue weighted by Gasteiger charge is 2.09. The average Bonchev–Trinajstić information content (AvgIpc) is 2.41. The minimum absolute atomic E-state index is 0.349. The van der Waals surface area contributed by atoms with Crippen LogP contribution in [0.5, 0.6) is 5.75 Å². The van der Waals surface area contributed by atoms with Crippen molar-refractivity contribution in [3.05, 3.63) is 28.3 Å². The van der Waals surface area contributed by atoms with Crippen LogP contribution >= 0.6 is 11.6 Å². The maximum absolute atomic E-state index is 11.6. The van der Waals surface area contributed by atoms with E-state index in [0.717, 1.165) is 47.6 Å². The van der Waals surface area contributed by atoms with Crippen molar-refractivity contribution in [3.63, 3.8) is 0 Å². The summed E-state index contributed by atoms with van der Waals surface area (Å²) in [6.07, 6.45) is 4.95. The molecule has 1 aromatic carbocycles. The number of halogens is 1. The Morgan fingerprint density at radius 2 is 1.95 bits per heavy atom. The van der Waals surface area contributed by atoms with Gasteiger partial charge in [0.2, 0.25) is 0 Å². The van der Waals surface area contributed by atoms with Gasteiger partial charge in [0.15, 0.2) is 0 Å². The van der Waals surface area contributed by atoms with Crippen LogP contribution in [0.15, 0.2) is 12.1 Å². The number of carbonyl (C=O) groups excluding carboxylic acids is 1. The lowest BCUT2D eigenvalue weighted by Crippen LogP contribution is -2.02. The van der Waals surface area contributed by atoms with Gasteiger partial charge in [-0.1, -0.05) is 25.4 Å². The highest BCUT2D eigenvalue weighted by molar-refractivity contribution is 6.31. The van der Waals surface area contributed by atoms with Crippen LogP contribution in [0.25, 0.3) is 0 Å². The van der Waals surface area contributed by atoms with Gasteiger partial charge in [-0.2, -0.15) is 0 Å². The lowest BCUT2D eigenvalue weighted by molar-refractivity contribution is -0.119. The lowest BCUT2D eigenvalue weighted by Gasteiger charge is -2.13. The highest BCUT2D eigenvalue weighted by Crippen LogP contribution is 2.28. The topological polar surface area (TPSA) is 26.3 Å². The van der Waals surface area contributed by atoms with Crippen molar-refractivity contribution in [1.82, 2.24) is 0 Å². The molecular weight excluding hydrogens is 272 g/mol. The van der Waals surface area contributed by atoms with Crippen molar-refractivity contribution < 1.29 is 9.53 Å². The summed E-state index contributed by atoms with van der Waals surface area (Å²) in [4.78, 5) is 11.6. The first-order valence-electron chi connectivity index (χ1n) is 7.52. The van der Waals surface area contributed by atoms with Crippen molar-refractivity contribution >= 4 is 17.4 Å². The summed E-state index contributed by atoms with van der Waals surface area (Å²) >= 11 is 6.19. The molecule has 0 amide bonds. The summed E-state index contributed by atoms with van der Waals surface area (Å²) in [6, 6.07) is 3.98. The molecule has 1 rings (SSSR count).